The van der Waals surface area contributed by atoms with Crippen LogP contribution < -0.4 is 5.32 Å². The highest BCUT2D eigenvalue weighted by Gasteiger charge is 2.19. The summed E-state index contributed by atoms with van der Waals surface area (Å²) < 4.78 is 6.35. The van der Waals surface area contributed by atoms with Gasteiger partial charge >= 0.3 is 5.97 Å². The molecule has 1 heterocycles. The van der Waals surface area contributed by atoms with Gasteiger partial charge in [0.2, 0.25) is 0 Å². The Labute approximate surface area is 174 Å². The second kappa shape index (κ2) is 9.18. The molecule has 0 atom stereocenters. The second-order valence-electron chi connectivity index (χ2n) is 7.42. The van der Waals surface area contributed by atoms with E-state index in [0.29, 0.717) is 18.0 Å². The number of hydrogen-bond donors (Lipinski definition) is 1. The van der Waals surface area contributed by atoms with Gasteiger partial charge in [0.1, 0.15) is 5.01 Å². The number of nitrogens with zero attached hydrogens (tertiary/aromatic N) is 1. The van der Waals surface area contributed by atoms with Gasteiger partial charge < -0.3 is 10.1 Å². The zero-order valence-corrected chi connectivity index (χ0v) is 17.0. The largest absolute Gasteiger partial charge is 0.452 e. The molecule has 0 bridgehead atoms. The van der Waals surface area contributed by atoms with Crippen LogP contribution >= 0.6 is 11.3 Å². The number of fused-ring (bicyclic) bond motifs is 1. The predicted molar refractivity (Wildman–Crippen MR) is 115 cm³/mol. The first-order valence-electron chi connectivity index (χ1n) is 10.1. The van der Waals surface area contributed by atoms with Crippen LogP contribution in [0.15, 0.2) is 48.5 Å². The first kappa shape index (κ1) is 19.6. The fourth-order valence-corrected chi connectivity index (χ4v) is 4.75. The maximum Gasteiger partial charge on any atom is 0.339 e. The van der Waals surface area contributed by atoms with Gasteiger partial charge in [0.15, 0.2) is 6.61 Å². The molecule has 0 spiro atoms. The number of aromatic nitrogens is 1. The van der Waals surface area contributed by atoms with E-state index in [-0.39, 0.29) is 12.5 Å². The van der Waals surface area contributed by atoms with Gasteiger partial charge in [0.25, 0.3) is 5.91 Å². The topological polar surface area (TPSA) is 68.3 Å². The average Bonchev–Trinajstić information content (AvgIpc) is 3.21. The smallest absolute Gasteiger partial charge is 0.339 e. The minimum absolute atomic E-state index is 0.249. The van der Waals surface area contributed by atoms with E-state index in [2.05, 4.69) is 10.3 Å². The number of carbonyl (C=O) groups excluding carboxylic acids is 2. The van der Waals surface area contributed by atoms with Crippen LogP contribution in [0.2, 0.25) is 0 Å². The van der Waals surface area contributed by atoms with Crippen LogP contribution in [-0.2, 0) is 9.53 Å². The second-order valence-corrected chi connectivity index (χ2v) is 8.45. The molecule has 6 heteroatoms. The van der Waals surface area contributed by atoms with Gasteiger partial charge in [-0.1, -0.05) is 49.6 Å². The molecule has 4 rings (SSSR count). The number of esters is 1. The van der Waals surface area contributed by atoms with Crippen molar-refractivity contribution in [3.05, 3.63) is 54.1 Å². The highest BCUT2D eigenvalue weighted by Crippen LogP contribution is 2.32. The Morgan fingerprint density at radius 3 is 2.62 bits per heavy atom. The lowest BCUT2D eigenvalue weighted by Gasteiger charge is -2.21. The fraction of sp³-hybridized carbons (Fsp3) is 0.348. The van der Waals surface area contributed by atoms with Crippen LogP contribution in [0.25, 0.3) is 20.8 Å². The minimum Gasteiger partial charge on any atom is -0.452 e. The lowest BCUT2D eigenvalue weighted by molar-refractivity contribution is -0.124. The van der Waals surface area contributed by atoms with Crippen molar-refractivity contribution in [3.8, 4) is 10.6 Å². The zero-order chi connectivity index (χ0) is 20.1. The van der Waals surface area contributed by atoms with Crippen molar-refractivity contribution in [1.29, 1.82) is 0 Å². The summed E-state index contributed by atoms with van der Waals surface area (Å²) in [6.07, 6.45) is 6.08. The van der Waals surface area contributed by atoms with E-state index in [4.69, 9.17) is 4.74 Å². The molecule has 1 aliphatic rings. The normalized spacial score (nSPS) is 14.6. The molecule has 5 nitrogen and oxygen atoms in total. The maximum atomic E-state index is 12.6. The van der Waals surface area contributed by atoms with Crippen molar-refractivity contribution in [2.45, 2.75) is 32.1 Å². The third kappa shape index (κ3) is 4.82. The molecule has 1 saturated carbocycles. The summed E-state index contributed by atoms with van der Waals surface area (Å²) >= 11 is 1.53. The van der Waals surface area contributed by atoms with E-state index < -0.39 is 5.97 Å². The standard InChI is InChI=1S/C23H24N2O3S/c26-21(24-14-16-8-2-1-3-9-16)15-28-23(27)18-11-5-4-10-17(18)22-25-19-12-6-7-13-20(19)29-22/h4-7,10-13,16H,1-3,8-9,14-15H2,(H,24,26). The summed E-state index contributed by atoms with van der Waals surface area (Å²) in [5, 5.41) is 3.66. The number of thiazole rings is 1. The number of benzene rings is 2. The molecule has 3 aromatic rings. The van der Waals surface area contributed by atoms with Gasteiger partial charge in [-0.05, 0) is 37.0 Å². The van der Waals surface area contributed by atoms with Crippen LogP contribution in [-0.4, -0.2) is 30.0 Å². The molecule has 1 N–H and O–H groups in total. The van der Waals surface area contributed by atoms with Crippen LogP contribution in [0.5, 0.6) is 0 Å². The molecule has 1 amide bonds. The molecule has 0 aliphatic heterocycles. The third-order valence-electron chi connectivity index (χ3n) is 5.32. The van der Waals surface area contributed by atoms with Crippen molar-refractivity contribution in [2.24, 2.45) is 5.92 Å². The maximum absolute atomic E-state index is 12.6. The van der Waals surface area contributed by atoms with E-state index in [1.165, 1.54) is 30.6 Å². The summed E-state index contributed by atoms with van der Waals surface area (Å²) in [6.45, 7) is 0.401. The van der Waals surface area contributed by atoms with E-state index >= 15 is 0 Å². The van der Waals surface area contributed by atoms with Crippen molar-refractivity contribution in [3.63, 3.8) is 0 Å². The lowest BCUT2D eigenvalue weighted by atomic mass is 9.89. The zero-order valence-electron chi connectivity index (χ0n) is 16.2. The van der Waals surface area contributed by atoms with Crippen LogP contribution in [0.1, 0.15) is 42.5 Å². The molecule has 0 saturated heterocycles. The van der Waals surface area contributed by atoms with E-state index in [9.17, 15) is 9.59 Å². The number of para-hydroxylation sites is 1. The number of amides is 1. The van der Waals surface area contributed by atoms with Crippen LogP contribution in [0.3, 0.4) is 0 Å². The van der Waals surface area contributed by atoms with Crippen molar-refractivity contribution in [1.82, 2.24) is 10.3 Å². The van der Waals surface area contributed by atoms with Gasteiger partial charge in [-0.25, -0.2) is 9.78 Å². The van der Waals surface area contributed by atoms with Crippen molar-refractivity contribution >= 4 is 33.4 Å². The summed E-state index contributed by atoms with van der Waals surface area (Å²) in [6, 6.07) is 15.1. The van der Waals surface area contributed by atoms with E-state index in [0.717, 1.165) is 33.6 Å². The van der Waals surface area contributed by atoms with E-state index in [1.54, 1.807) is 12.1 Å². The molecule has 1 aromatic heterocycles. The molecule has 0 radical (unpaired) electrons. The number of hydrogen-bond acceptors (Lipinski definition) is 5. The SMILES string of the molecule is O=C(COC(=O)c1ccccc1-c1nc2ccccc2s1)NCC1CCCCC1. The highest BCUT2D eigenvalue weighted by molar-refractivity contribution is 7.21. The predicted octanol–water partition coefficient (Wildman–Crippen LogP) is 4.82. The summed E-state index contributed by atoms with van der Waals surface area (Å²) in [5.74, 6) is -0.211. The fourth-order valence-electron chi connectivity index (χ4n) is 3.74. The molecule has 2 aromatic carbocycles. The molecule has 0 unspecified atom stereocenters. The number of nitrogens with one attached hydrogen (secondary N) is 1. The number of carbonyl (C=O) groups is 2. The molecule has 1 aliphatic carbocycles. The van der Waals surface area contributed by atoms with Gasteiger partial charge in [-0.3, -0.25) is 4.79 Å². The first-order chi connectivity index (χ1) is 14.2. The average molecular weight is 409 g/mol. The molecular weight excluding hydrogens is 384 g/mol. The molecule has 29 heavy (non-hydrogen) atoms. The quantitative estimate of drug-likeness (QED) is 0.594. The Bertz CT molecular complexity index is 975. The van der Waals surface area contributed by atoms with E-state index in [1.807, 2.05) is 36.4 Å². The first-order valence-corrected chi connectivity index (χ1v) is 10.9. The van der Waals surface area contributed by atoms with Crippen molar-refractivity contribution < 1.29 is 14.3 Å². The number of ether oxygens (including phenoxy) is 1. The Balaban J connectivity index is 1.39. The minimum atomic E-state index is -0.507. The molecule has 1 fully saturated rings. The van der Waals surface area contributed by atoms with Gasteiger partial charge in [-0.15, -0.1) is 11.3 Å². The summed E-state index contributed by atoms with van der Waals surface area (Å²) in [5.41, 5.74) is 2.05. The summed E-state index contributed by atoms with van der Waals surface area (Å²) in [4.78, 5) is 29.4. The Morgan fingerprint density at radius 2 is 1.79 bits per heavy atom. The van der Waals surface area contributed by atoms with Gasteiger partial charge in [-0.2, -0.15) is 0 Å². The van der Waals surface area contributed by atoms with Crippen LogP contribution in [0.4, 0.5) is 0 Å². The molecular formula is C23H24N2O3S. The monoisotopic (exact) mass is 408 g/mol. The Kier molecular flexibility index (Phi) is 6.20. The number of rotatable bonds is 6. The Hall–Kier alpha value is -2.73. The Morgan fingerprint density at radius 1 is 1.03 bits per heavy atom. The van der Waals surface area contributed by atoms with Gasteiger partial charge in [0.05, 0.1) is 15.8 Å². The van der Waals surface area contributed by atoms with Crippen LogP contribution in [0, 0.1) is 5.92 Å². The summed E-state index contributed by atoms with van der Waals surface area (Å²) in [7, 11) is 0. The van der Waals surface area contributed by atoms with Gasteiger partial charge in [0, 0.05) is 12.1 Å². The molecule has 150 valence electrons. The van der Waals surface area contributed by atoms with Crippen molar-refractivity contribution in [2.75, 3.05) is 13.2 Å². The third-order valence-corrected chi connectivity index (χ3v) is 6.39. The lowest BCUT2D eigenvalue weighted by Crippen LogP contribution is -2.33. The highest BCUT2D eigenvalue weighted by atomic mass is 32.1.